The van der Waals surface area contributed by atoms with Gasteiger partial charge < -0.3 is 29.2 Å². The predicted octanol–water partition coefficient (Wildman–Crippen LogP) is 5.70. The van der Waals surface area contributed by atoms with Crippen LogP contribution in [0.4, 0.5) is 17.3 Å². The number of hydrogen-bond donors (Lipinski definition) is 1. The Hall–Kier alpha value is -3.93. The highest BCUT2D eigenvalue weighted by molar-refractivity contribution is 7.98. The molecule has 214 valence electrons. The molecule has 1 aliphatic rings. The Morgan fingerprint density at radius 2 is 1.55 bits per heavy atom. The van der Waals surface area contributed by atoms with Crippen molar-refractivity contribution in [3.63, 3.8) is 0 Å². The van der Waals surface area contributed by atoms with E-state index in [1.165, 1.54) is 11.8 Å². The van der Waals surface area contributed by atoms with Gasteiger partial charge in [-0.05, 0) is 43.4 Å². The van der Waals surface area contributed by atoms with Gasteiger partial charge in [0.25, 0.3) is 0 Å². The van der Waals surface area contributed by atoms with Gasteiger partial charge in [0.1, 0.15) is 23.0 Å². The molecule has 0 aliphatic heterocycles. The summed E-state index contributed by atoms with van der Waals surface area (Å²) in [5.74, 6) is 3.02. The summed E-state index contributed by atoms with van der Waals surface area (Å²) in [5.41, 5.74) is 1.52. The van der Waals surface area contributed by atoms with Crippen molar-refractivity contribution in [1.29, 1.82) is 0 Å². The van der Waals surface area contributed by atoms with Gasteiger partial charge in [0.2, 0.25) is 11.6 Å². The van der Waals surface area contributed by atoms with E-state index in [9.17, 15) is 10.1 Å². The quantitative estimate of drug-likeness (QED) is 0.118. The third-order valence-corrected chi connectivity index (χ3v) is 7.57. The average molecular weight is 570 g/mol. The number of methoxy groups -OCH3 is 4. The van der Waals surface area contributed by atoms with Gasteiger partial charge in [0.05, 0.1) is 33.4 Å². The Labute approximate surface area is 238 Å². The maximum absolute atomic E-state index is 12.6. The van der Waals surface area contributed by atoms with Crippen molar-refractivity contribution < 1.29 is 23.9 Å². The van der Waals surface area contributed by atoms with Gasteiger partial charge in [-0.25, -0.2) is 0 Å². The summed E-state index contributed by atoms with van der Waals surface area (Å²) in [7, 11) is 6.36. The number of thioether (sulfide) groups is 1. The van der Waals surface area contributed by atoms with Crippen molar-refractivity contribution in [3.8, 4) is 23.0 Å². The summed E-state index contributed by atoms with van der Waals surface area (Å²) in [6, 6.07) is 11.1. The zero-order valence-electron chi connectivity index (χ0n) is 23.4. The van der Waals surface area contributed by atoms with E-state index in [4.69, 9.17) is 23.9 Å². The fourth-order valence-electron chi connectivity index (χ4n) is 4.94. The highest BCUT2D eigenvalue weighted by atomic mass is 32.2. The number of nitro groups is 1. The number of aromatic nitrogens is 2. The standard InChI is InChI=1S/C28H35N5O6S/c1-36-21-12-10-18(23(14-21)38-3)16-29-26-25(33(34)35)27(31-28(30-26)40-5)32(20-8-6-7-9-20)17-19-11-13-22(37-2)15-24(19)39-4/h10-15,20H,6-9,16-17H2,1-5H3,(H,29,30,31). The van der Waals surface area contributed by atoms with Gasteiger partial charge >= 0.3 is 5.69 Å². The zero-order chi connectivity index (χ0) is 28.6. The van der Waals surface area contributed by atoms with Crippen LogP contribution >= 0.6 is 11.8 Å². The molecule has 0 atom stereocenters. The van der Waals surface area contributed by atoms with Crippen molar-refractivity contribution in [2.75, 3.05) is 44.9 Å². The van der Waals surface area contributed by atoms with Crippen molar-refractivity contribution in [1.82, 2.24) is 9.97 Å². The van der Waals surface area contributed by atoms with Crippen LogP contribution in [-0.4, -0.2) is 55.6 Å². The van der Waals surface area contributed by atoms with Crippen LogP contribution in [0.1, 0.15) is 36.8 Å². The van der Waals surface area contributed by atoms with Gasteiger partial charge in [-0.2, -0.15) is 9.97 Å². The van der Waals surface area contributed by atoms with Crippen LogP contribution in [0.5, 0.6) is 23.0 Å². The molecule has 3 aromatic rings. The molecule has 0 spiro atoms. The molecule has 1 heterocycles. The predicted molar refractivity (Wildman–Crippen MR) is 155 cm³/mol. The third-order valence-electron chi connectivity index (χ3n) is 7.02. The zero-order valence-corrected chi connectivity index (χ0v) is 24.2. The highest BCUT2D eigenvalue weighted by Gasteiger charge is 2.34. The van der Waals surface area contributed by atoms with Gasteiger partial charge in [0.15, 0.2) is 5.16 Å². The van der Waals surface area contributed by atoms with Crippen LogP contribution in [0, 0.1) is 10.1 Å². The van der Waals surface area contributed by atoms with Gasteiger partial charge in [-0.1, -0.05) is 24.6 Å². The first-order chi connectivity index (χ1) is 19.4. The van der Waals surface area contributed by atoms with E-state index in [0.29, 0.717) is 40.5 Å². The lowest BCUT2D eigenvalue weighted by molar-refractivity contribution is -0.383. The maximum atomic E-state index is 12.6. The number of ether oxygens (including phenoxy) is 4. The first-order valence-electron chi connectivity index (χ1n) is 12.9. The van der Waals surface area contributed by atoms with Crippen molar-refractivity contribution >= 4 is 29.1 Å². The molecule has 1 saturated carbocycles. The highest BCUT2D eigenvalue weighted by Crippen LogP contribution is 2.40. The minimum absolute atomic E-state index is 0.0876. The number of hydrogen-bond acceptors (Lipinski definition) is 11. The number of nitrogens with zero attached hydrogens (tertiary/aromatic N) is 4. The molecule has 1 fully saturated rings. The summed E-state index contributed by atoms with van der Waals surface area (Å²) >= 11 is 1.34. The number of benzene rings is 2. The van der Waals surface area contributed by atoms with Crippen LogP contribution in [-0.2, 0) is 13.1 Å². The molecule has 12 heteroatoms. The van der Waals surface area contributed by atoms with Crippen molar-refractivity contribution in [2.24, 2.45) is 0 Å². The van der Waals surface area contributed by atoms with Gasteiger partial charge in [-0.3, -0.25) is 10.1 Å². The average Bonchev–Trinajstić information content (AvgIpc) is 3.52. The first kappa shape index (κ1) is 29.1. The van der Waals surface area contributed by atoms with Crippen molar-refractivity contribution in [2.45, 2.75) is 50.0 Å². The second kappa shape index (κ2) is 13.4. The van der Waals surface area contributed by atoms with Crippen LogP contribution in [0.2, 0.25) is 0 Å². The smallest absolute Gasteiger partial charge is 0.353 e. The molecular weight excluding hydrogens is 534 g/mol. The number of anilines is 2. The monoisotopic (exact) mass is 569 g/mol. The minimum atomic E-state index is -0.403. The van der Waals surface area contributed by atoms with Gasteiger partial charge in [0, 0.05) is 42.4 Å². The molecule has 0 saturated heterocycles. The van der Waals surface area contributed by atoms with E-state index in [1.54, 1.807) is 34.5 Å². The second-order valence-electron chi connectivity index (χ2n) is 9.26. The maximum Gasteiger partial charge on any atom is 0.353 e. The van der Waals surface area contributed by atoms with Crippen LogP contribution < -0.4 is 29.2 Å². The van der Waals surface area contributed by atoms with Crippen LogP contribution in [0.3, 0.4) is 0 Å². The lowest BCUT2D eigenvalue weighted by Gasteiger charge is -2.31. The summed E-state index contributed by atoms with van der Waals surface area (Å²) in [5, 5.41) is 16.2. The number of nitrogens with one attached hydrogen (secondary N) is 1. The molecule has 1 aliphatic carbocycles. The Bertz CT molecular complexity index is 1330. The van der Waals surface area contributed by atoms with Crippen LogP contribution in [0.25, 0.3) is 0 Å². The Balaban J connectivity index is 1.77. The first-order valence-corrected chi connectivity index (χ1v) is 14.2. The fourth-order valence-corrected chi connectivity index (χ4v) is 5.30. The molecule has 40 heavy (non-hydrogen) atoms. The normalized spacial score (nSPS) is 13.1. The Morgan fingerprint density at radius 1 is 0.950 bits per heavy atom. The SMILES string of the molecule is COc1ccc(CNc2nc(SC)nc(N(Cc3ccc(OC)cc3OC)C3CCCC3)c2[N+](=O)[O-])c(OC)c1. The molecule has 0 amide bonds. The molecule has 0 bridgehead atoms. The topological polar surface area (TPSA) is 121 Å². The van der Waals surface area contributed by atoms with E-state index in [0.717, 1.165) is 36.8 Å². The molecule has 2 aromatic carbocycles. The largest absolute Gasteiger partial charge is 0.497 e. The van der Waals surface area contributed by atoms with Gasteiger partial charge in [-0.15, -0.1) is 0 Å². The van der Waals surface area contributed by atoms with E-state index in [1.807, 2.05) is 41.5 Å². The summed E-state index contributed by atoms with van der Waals surface area (Å²) < 4.78 is 21.8. The molecule has 11 nitrogen and oxygen atoms in total. The molecular formula is C28H35N5O6S. The Morgan fingerprint density at radius 3 is 2.10 bits per heavy atom. The molecule has 0 radical (unpaired) electrons. The van der Waals surface area contributed by atoms with Crippen LogP contribution in [0.15, 0.2) is 41.6 Å². The third kappa shape index (κ3) is 6.44. The summed E-state index contributed by atoms with van der Waals surface area (Å²) in [6.45, 7) is 0.642. The van der Waals surface area contributed by atoms with E-state index < -0.39 is 4.92 Å². The van der Waals surface area contributed by atoms with Crippen molar-refractivity contribution in [3.05, 3.63) is 57.6 Å². The molecule has 1 aromatic heterocycles. The number of rotatable bonds is 13. The lowest BCUT2D eigenvalue weighted by atomic mass is 10.1. The minimum Gasteiger partial charge on any atom is -0.497 e. The lowest BCUT2D eigenvalue weighted by Crippen LogP contribution is -2.34. The Kier molecular flexibility index (Phi) is 9.75. The summed E-state index contributed by atoms with van der Waals surface area (Å²) in [6.07, 6.45) is 5.79. The molecule has 4 rings (SSSR count). The molecule has 1 N–H and O–H groups in total. The second-order valence-corrected chi connectivity index (χ2v) is 10.0. The van der Waals surface area contributed by atoms with E-state index >= 15 is 0 Å². The van der Waals surface area contributed by atoms with E-state index in [2.05, 4.69) is 10.3 Å². The fraction of sp³-hybridized carbons (Fsp3) is 0.429. The molecule has 0 unspecified atom stereocenters. The summed E-state index contributed by atoms with van der Waals surface area (Å²) in [4.78, 5) is 23.5. The van der Waals surface area contributed by atoms with E-state index in [-0.39, 0.29) is 24.1 Å².